The number of aromatic nitrogens is 2. The lowest BCUT2D eigenvalue weighted by Crippen LogP contribution is -2.00. The second-order valence-electron chi connectivity index (χ2n) is 4.60. The van der Waals surface area contributed by atoms with E-state index in [4.69, 9.17) is 4.74 Å². The highest BCUT2D eigenvalue weighted by Crippen LogP contribution is 2.22. The first-order valence-corrected chi connectivity index (χ1v) is 6.52. The molecule has 0 saturated heterocycles. The Balaban J connectivity index is 2.10. The van der Waals surface area contributed by atoms with Gasteiger partial charge in [0, 0.05) is 6.54 Å². The van der Waals surface area contributed by atoms with Gasteiger partial charge in [0.15, 0.2) is 0 Å². The lowest BCUT2D eigenvalue weighted by atomic mass is 10.0. The predicted octanol–water partition coefficient (Wildman–Crippen LogP) is 3.82. The van der Waals surface area contributed by atoms with E-state index in [-0.39, 0.29) is 0 Å². The van der Waals surface area contributed by atoms with E-state index in [1.165, 1.54) is 5.56 Å². The molecule has 1 aromatic carbocycles. The van der Waals surface area contributed by atoms with Crippen LogP contribution in [0.1, 0.15) is 32.3 Å². The average Bonchev–Trinajstić information content (AvgIpc) is 2.40. The topological polar surface area (TPSA) is 47.0 Å². The zero-order chi connectivity index (χ0) is 13.7. The highest BCUT2D eigenvalue weighted by Gasteiger charge is 2.03. The van der Waals surface area contributed by atoms with Crippen molar-refractivity contribution in [3.8, 4) is 11.6 Å². The van der Waals surface area contributed by atoms with Gasteiger partial charge in [-0.1, -0.05) is 26.0 Å². The molecule has 0 radical (unpaired) electrons. The Morgan fingerprint density at radius 2 is 1.89 bits per heavy atom. The van der Waals surface area contributed by atoms with Crippen molar-refractivity contribution in [1.82, 2.24) is 9.97 Å². The van der Waals surface area contributed by atoms with Gasteiger partial charge in [-0.2, -0.15) is 4.98 Å². The summed E-state index contributed by atoms with van der Waals surface area (Å²) in [5.41, 5.74) is 1.29. The van der Waals surface area contributed by atoms with E-state index in [1.807, 2.05) is 19.1 Å². The second kappa shape index (κ2) is 6.18. The summed E-state index contributed by atoms with van der Waals surface area (Å²) < 4.78 is 5.69. The minimum atomic E-state index is 0.496. The first-order valence-electron chi connectivity index (χ1n) is 6.52. The number of benzene rings is 1. The molecule has 0 fully saturated rings. The van der Waals surface area contributed by atoms with E-state index in [2.05, 4.69) is 41.3 Å². The first-order chi connectivity index (χ1) is 9.19. The third kappa shape index (κ3) is 3.68. The monoisotopic (exact) mass is 257 g/mol. The van der Waals surface area contributed by atoms with Crippen molar-refractivity contribution in [2.75, 3.05) is 11.9 Å². The summed E-state index contributed by atoms with van der Waals surface area (Å²) in [6.07, 6.45) is 3.29. The smallest absolute Gasteiger partial charge is 0.239 e. The van der Waals surface area contributed by atoms with Crippen molar-refractivity contribution in [3.63, 3.8) is 0 Å². The molecule has 4 nitrogen and oxygen atoms in total. The van der Waals surface area contributed by atoms with Crippen LogP contribution < -0.4 is 10.1 Å². The van der Waals surface area contributed by atoms with Gasteiger partial charge in [0.25, 0.3) is 0 Å². The van der Waals surface area contributed by atoms with Crippen molar-refractivity contribution in [2.45, 2.75) is 26.7 Å². The van der Waals surface area contributed by atoms with Gasteiger partial charge in [-0.3, -0.25) is 4.98 Å². The van der Waals surface area contributed by atoms with Crippen molar-refractivity contribution < 1.29 is 4.74 Å². The van der Waals surface area contributed by atoms with E-state index in [0.717, 1.165) is 18.1 Å². The van der Waals surface area contributed by atoms with E-state index in [9.17, 15) is 0 Å². The first kappa shape index (κ1) is 13.3. The van der Waals surface area contributed by atoms with Crippen LogP contribution >= 0.6 is 0 Å². The van der Waals surface area contributed by atoms with Crippen LogP contribution in [0.4, 0.5) is 5.82 Å². The molecule has 0 atom stereocenters. The van der Waals surface area contributed by atoms with Gasteiger partial charge >= 0.3 is 0 Å². The predicted molar refractivity (Wildman–Crippen MR) is 76.8 cm³/mol. The molecule has 0 spiro atoms. The maximum absolute atomic E-state index is 5.69. The number of hydrogen-bond acceptors (Lipinski definition) is 4. The molecule has 2 rings (SSSR count). The standard InChI is InChI=1S/C15H19N3O/c1-4-17-14-9-16-10-15(18-14)19-13-7-5-12(6-8-13)11(2)3/h5-11H,4H2,1-3H3,(H,17,18). The molecule has 0 bridgehead atoms. The van der Waals surface area contributed by atoms with Crippen LogP contribution in [0.25, 0.3) is 0 Å². The zero-order valence-electron chi connectivity index (χ0n) is 11.6. The summed E-state index contributed by atoms with van der Waals surface area (Å²) in [6, 6.07) is 8.05. The second-order valence-corrected chi connectivity index (χ2v) is 4.60. The van der Waals surface area contributed by atoms with E-state index < -0.39 is 0 Å². The SMILES string of the molecule is CCNc1cncc(Oc2ccc(C(C)C)cc2)n1. The zero-order valence-corrected chi connectivity index (χ0v) is 11.6. The molecular formula is C15H19N3O. The molecule has 1 aromatic heterocycles. The summed E-state index contributed by atoms with van der Waals surface area (Å²) >= 11 is 0. The van der Waals surface area contributed by atoms with Gasteiger partial charge in [-0.25, -0.2) is 0 Å². The Bertz CT molecular complexity index is 523. The highest BCUT2D eigenvalue weighted by molar-refractivity contribution is 5.35. The van der Waals surface area contributed by atoms with Crippen LogP contribution in [0.5, 0.6) is 11.6 Å². The van der Waals surface area contributed by atoms with Crippen LogP contribution in [0.3, 0.4) is 0 Å². The number of hydrogen-bond donors (Lipinski definition) is 1. The molecule has 1 heterocycles. The average molecular weight is 257 g/mol. The molecule has 19 heavy (non-hydrogen) atoms. The van der Waals surface area contributed by atoms with Crippen LogP contribution in [0, 0.1) is 0 Å². The third-order valence-electron chi connectivity index (χ3n) is 2.74. The minimum absolute atomic E-state index is 0.496. The molecule has 0 aliphatic rings. The molecule has 0 saturated carbocycles. The van der Waals surface area contributed by atoms with Gasteiger partial charge in [-0.15, -0.1) is 0 Å². The van der Waals surface area contributed by atoms with E-state index >= 15 is 0 Å². The van der Waals surface area contributed by atoms with Crippen LogP contribution in [-0.4, -0.2) is 16.5 Å². The van der Waals surface area contributed by atoms with Gasteiger partial charge < -0.3 is 10.1 Å². The number of nitrogens with zero attached hydrogens (tertiary/aromatic N) is 2. The number of rotatable bonds is 5. The molecular weight excluding hydrogens is 238 g/mol. The Hall–Kier alpha value is -2.10. The Morgan fingerprint density at radius 3 is 2.53 bits per heavy atom. The summed E-state index contributed by atoms with van der Waals surface area (Å²) in [5, 5.41) is 3.10. The fourth-order valence-electron chi connectivity index (χ4n) is 1.71. The van der Waals surface area contributed by atoms with Gasteiger partial charge in [0.1, 0.15) is 11.6 Å². The Labute approximate surface area is 113 Å². The van der Waals surface area contributed by atoms with Crippen molar-refractivity contribution in [1.29, 1.82) is 0 Å². The lowest BCUT2D eigenvalue weighted by Gasteiger charge is -2.08. The fourth-order valence-corrected chi connectivity index (χ4v) is 1.71. The highest BCUT2D eigenvalue weighted by atomic mass is 16.5. The maximum Gasteiger partial charge on any atom is 0.239 e. The van der Waals surface area contributed by atoms with Crippen molar-refractivity contribution >= 4 is 5.82 Å². The molecule has 4 heteroatoms. The largest absolute Gasteiger partial charge is 0.437 e. The number of anilines is 1. The van der Waals surface area contributed by atoms with Crippen LogP contribution in [-0.2, 0) is 0 Å². The van der Waals surface area contributed by atoms with E-state index in [1.54, 1.807) is 12.4 Å². The maximum atomic E-state index is 5.69. The van der Waals surface area contributed by atoms with Gasteiger partial charge in [-0.05, 0) is 30.5 Å². The van der Waals surface area contributed by atoms with Crippen LogP contribution in [0.2, 0.25) is 0 Å². The summed E-state index contributed by atoms with van der Waals surface area (Å²) in [6.45, 7) is 7.16. The van der Waals surface area contributed by atoms with Gasteiger partial charge in [0.05, 0.1) is 12.4 Å². The molecule has 1 N–H and O–H groups in total. The Morgan fingerprint density at radius 1 is 1.16 bits per heavy atom. The van der Waals surface area contributed by atoms with Crippen molar-refractivity contribution in [3.05, 3.63) is 42.2 Å². The van der Waals surface area contributed by atoms with Crippen molar-refractivity contribution in [2.24, 2.45) is 0 Å². The molecule has 0 amide bonds. The summed E-state index contributed by atoms with van der Waals surface area (Å²) in [5.74, 6) is 2.51. The summed E-state index contributed by atoms with van der Waals surface area (Å²) in [4.78, 5) is 8.41. The lowest BCUT2D eigenvalue weighted by molar-refractivity contribution is 0.460. The number of nitrogens with one attached hydrogen (secondary N) is 1. The normalized spacial score (nSPS) is 10.5. The minimum Gasteiger partial charge on any atom is -0.437 e. The molecule has 0 unspecified atom stereocenters. The molecule has 0 aliphatic carbocycles. The van der Waals surface area contributed by atoms with Crippen LogP contribution in [0.15, 0.2) is 36.7 Å². The number of ether oxygens (including phenoxy) is 1. The summed E-state index contributed by atoms with van der Waals surface area (Å²) in [7, 11) is 0. The third-order valence-corrected chi connectivity index (χ3v) is 2.74. The molecule has 100 valence electrons. The molecule has 0 aliphatic heterocycles. The van der Waals surface area contributed by atoms with E-state index in [0.29, 0.717) is 11.8 Å². The fraction of sp³-hybridized carbons (Fsp3) is 0.333. The molecule has 2 aromatic rings. The van der Waals surface area contributed by atoms with Gasteiger partial charge in [0.2, 0.25) is 5.88 Å². The Kier molecular flexibility index (Phi) is 4.34. The quantitative estimate of drug-likeness (QED) is 0.884.